The van der Waals surface area contributed by atoms with E-state index in [0.29, 0.717) is 33.0 Å². The van der Waals surface area contributed by atoms with Crippen LogP contribution in [0.4, 0.5) is 11.4 Å². The van der Waals surface area contributed by atoms with Gasteiger partial charge >= 0.3 is 13.8 Å². The van der Waals surface area contributed by atoms with Crippen LogP contribution in [0.3, 0.4) is 0 Å². The van der Waals surface area contributed by atoms with Crippen LogP contribution in [0.5, 0.6) is 11.5 Å². The van der Waals surface area contributed by atoms with Crippen LogP contribution in [0.15, 0.2) is 97.1 Å². The molecule has 2 bridgehead atoms. The first-order valence-corrected chi connectivity index (χ1v) is 18.1. The van der Waals surface area contributed by atoms with Gasteiger partial charge in [0.1, 0.15) is 18.1 Å². The van der Waals surface area contributed by atoms with Crippen molar-refractivity contribution in [3.8, 4) is 11.5 Å². The number of rotatable bonds is 9. The van der Waals surface area contributed by atoms with Gasteiger partial charge in [0.05, 0.1) is 25.2 Å². The highest BCUT2D eigenvalue weighted by Gasteiger charge is 2.51. The predicted molar refractivity (Wildman–Crippen MR) is 184 cm³/mol. The lowest BCUT2D eigenvalue weighted by Gasteiger charge is -2.43. The normalized spacial score (nSPS) is 22.8. The Morgan fingerprint density at radius 2 is 1.24 bits per heavy atom. The fraction of sp³-hybridized carbons (Fsp3) is 0.342. The standard InChI is InChI=1S/C38H39N2O8P/c1-37(17-16-36(41)43-22-38-23-46-49(42,47-24-38)48-25-38,30-12-14-34-28(18-30)20-39(26-44-34)32-8-4-2-5-9-32)31-13-15-35-29(19-31)21-40(27-45-35)33-10-6-3-7-11-33/h2-15,18-19H,16-17,20-27H2,1H3. The first-order valence-electron chi connectivity index (χ1n) is 16.6. The summed E-state index contributed by atoms with van der Waals surface area (Å²) in [7, 11) is -3.45. The third-order valence-corrected chi connectivity index (χ3v) is 11.4. The molecule has 0 atom stereocenters. The second-order valence-corrected chi connectivity index (χ2v) is 15.2. The van der Waals surface area contributed by atoms with Gasteiger partial charge in [-0.1, -0.05) is 55.5 Å². The van der Waals surface area contributed by atoms with Gasteiger partial charge in [0.2, 0.25) is 0 Å². The number of hydrogen-bond acceptors (Lipinski definition) is 10. The van der Waals surface area contributed by atoms with Crippen LogP contribution in [0, 0.1) is 5.41 Å². The van der Waals surface area contributed by atoms with E-state index in [-0.39, 0.29) is 38.8 Å². The number of benzene rings is 4. The van der Waals surface area contributed by atoms with Gasteiger partial charge in [0.25, 0.3) is 0 Å². The first kappa shape index (κ1) is 31.9. The zero-order valence-corrected chi connectivity index (χ0v) is 28.3. The van der Waals surface area contributed by atoms with Gasteiger partial charge < -0.3 is 24.0 Å². The lowest BCUT2D eigenvalue weighted by Crippen LogP contribution is -2.48. The fourth-order valence-corrected chi connectivity index (χ4v) is 8.42. The average molecular weight is 683 g/mol. The van der Waals surface area contributed by atoms with Gasteiger partial charge in [-0.3, -0.25) is 18.4 Å². The van der Waals surface area contributed by atoms with Crippen molar-refractivity contribution in [2.45, 2.75) is 38.3 Å². The summed E-state index contributed by atoms with van der Waals surface area (Å²) in [4.78, 5) is 17.8. The molecule has 0 aliphatic carbocycles. The lowest BCUT2D eigenvalue weighted by atomic mass is 9.72. The molecule has 0 saturated carbocycles. The number of fused-ring (bicyclic) bond motifs is 5. The van der Waals surface area contributed by atoms with E-state index in [0.717, 1.165) is 45.1 Å². The minimum absolute atomic E-state index is 0.0690. The Bertz CT molecular complexity index is 1760. The molecule has 11 heteroatoms. The molecule has 254 valence electrons. The van der Waals surface area contributed by atoms with Crippen LogP contribution in [-0.4, -0.2) is 45.9 Å². The average Bonchev–Trinajstić information content (AvgIpc) is 3.16. The van der Waals surface area contributed by atoms with E-state index in [2.05, 4.69) is 65.3 Å². The summed E-state index contributed by atoms with van der Waals surface area (Å²) in [5, 5.41) is 0. The molecule has 4 aromatic carbocycles. The molecule has 10 nitrogen and oxygen atoms in total. The highest BCUT2D eigenvalue weighted by atomic mass is 31.2. The number of nitrogens with zero attached hydrogens (tertiary/aromatic N) is 2. The summed E-state index contributed by atoms with van der Waals surface area (Å²) in [5.74, 6) is 1.41. The maximum atomic E-state index is 13.3. The number of para-hydroxylation sites is 2. The molecular weight excluding hydrogens is 643 g/mol. The van der Waals surface area contributed by atoms with E-state index < -0.39 is 18.7 Å². The Hall–Kier alpha value is -4.34. The first-order chi connectivity index (χ1) is 23.8. The summed E-state index contributed by atoms with van der Waals surface area (Å²) in [6, 6.07) is 33.3. The highest BCUT2D eigenvalue weighted by Crippen LogP contribution is 2.60. The molecule has 9 rings (SSSR count). The zero-order chi connectivity index (χ0) is 33.5. The van der Waals surface area contributed by atoms with Gasteiger partial charge in [-0.05, 0) is 66.1 Å². The Balaban J connectivity index is 1.07. The fourth-order valence-electron chi connectivity index (χ4n) is 6.90. The number of phosphoric ester groups is 1. The molecular formula is C38H39N2O8P. The van der Waals surface area contributed by atoms with Gasteiger partial charge in [-0.2, -0.15) is 0 Å². The lowest BCUT2D eigenvalue weighted by molar-refractivity contribution is -0.160. The molecule has 0 radical (unpaired) electrons. The highest BCUT2D eigenvalue weighted by molar-refractivity contribution is 7.48. The molecule has 5 aliphatic heterocycles. The molecule has 0 spiro atoms. The van der Waals surface area contributed by atoms with Crippen molar-refractivity contribution in [3.05, 3.63) is 119 Å². The number of carbonyl (C=O) groups is 1. The van der Waals surface area contributed by atoms with Crippen LogP contribution in [0.25, 0.3) is 0 Å². The third-order valence-electron chi connectivity index (χ3n) is 10.1. The second kappa shape index (κ2) is 12.8. The van der Waals surface area contributed by atoms with E-state index in [9.17, 15) is 9.36 Å². The number of anilines is 2. The van der Waals surface area contributed by atoms with E-state index in [1.54, 1.807) is 0 Å². The summed E-state index contributed by atoms with van der Waals surface area (Å²) in [6.07, 6.45) is 0.683. The number of hydrogen-bond donors (Lipinski definition) is 0. The Labute approximate surface area is 286 Å². The molecule has 0 unspecified atom stereocenters. The van der Waals surface area contributed by atoms with E-state index in [1.807, 2.05) is 48.5 Å². The number of ether oxygens (including phenoxy) is 3. The number of carbonyl (C=O) groups excluding carboxylic acids is 1. The molecule has 5 aliphatic rings. The Kier molecular flexibility index (Phi) is 8.36. The molecule has 4 aromatic rings. The van der Waals surface area contributed by atoms with Crippen LogP contribution < -0.4 is 19.3 Å². The van der Waals surface area contributed by atoms with Crippen molar-refractivity contribution < 1.29 is 37.1 Å². The topological polar surface area (TPSA) is 96.0 Å². The molecule has 0 amide bonds. The van der Waals surface area contributed by atoms with Crippen LogP contribution in [0.1, 0.15) is 42.0 Å². The predicted octanol–water partition coefficient (Wildman–Crippen LogP) is 7.20. The maximum absolute atomic E-state index is 13.3. The third kappa shape index (κ3) is 6.42. The Morgan fingerprint density at radius 1 is 0.755 bits per heavy atom. The molecule has 3 saturated heterocycles. The molecule has 5 heterocycles. The van der Waals surface area contributed by atoms with Crippen molar-refractivity contribution in [1.29, 1.82) is 0 Å². The summed E-state index contributed by atoms with van der Waals surface area (Å²) in [6.45, 7) is 5.13. The molecule has 0 aromatic heterocycles. The maximum Gasteiger partial charge on any atom is 0.474 e. The molecule has 0 N–H and O–H groups in total. The largest absolute Gasteiger partial charge is 0.474 e. The van der Waals surface area contributed by atoms with Crippen molar-refractivity contribution in [2.24, 2.45) is 5.41 Å². The Morgan fingerprint density at radius 3 is 1.73 bits per heavy atom. The van der Waals surface area contributed by atoms with Crippen molar-refractivity contribution in [2.75, 3.05) is 49.7 Å². The van der Waals surface area contributed by atoms with E-state index in [1.165, 1.54) is 0 Å². The van der Waals surface area contributed by atoms with Crippen LogP contribution >= 0.6 is 7.82 Å². The SMILES string of the molecule is CC(CCC(=O)OCC12COP(=O)(OC1)OC2)(c1ccc2c(c1)CN(c1ccccc1)CO2)c1ccc2c(c1)CN(c1ccccc1)CO2. The molecule has 3 fully saturated rings. The molecule has 49 heavy (non-hydrogen) atoms. The minimum Gasteiger partial charge on any atom is -0.473 e. The van der Waals surface area contributed by atoms with Crippen molar-refractivity contribution in [1.82, 2.24) is 0 Å². The van der Waals surface area contributed by atoms with Crippen molar-refractivity contribution in [3.63, 3.8) is 0 Å². The summed E-state index contributed by atoms with van der Waals surface area (Å²) >= 11 is 0. The summed E-state index contributed by atoms with van der Waals surface area (Å²) < 4.78 is 46.2. The van der Waals surface area contributed by atoms with Crippen LogP contribution in [0.2, 0.25) is 0 Å². The smallest absolute Gasteiger partial charge is 0.473 e. The van der Waals surface area contributed by atoms with E-state index in [4.69, 9.17) is 27.8 Å². The van der Waals surface area contributed by atoms with Gasteiger partial charge in [0, 0.05) is 47.4 Å². The monoisotopic (exact) mass is 682 g/mol. The van der Waals surface area contributed by atoms with Gasteiger partial charge in [-0.25, -0.2) is 4.57 Å². The zero-order valence-electron chi connectivity index (χ0n) is 27.4. The van der Waals surface area contributed by atoms with Crippen LogP contribution in [-0.2, 0) is 46.2 Å². The van der Waals surface area contributed by atoms with E-state index >= 15 is 0 Å². The number of esters is 1. The minimum atomic E-state index is -3.45. The van der Waals surface area contributed by atoms with Gasteiger partial charge in [0.15, 0.2) is 13.5 Å². The quantitative estimate of drug-likeness (QED) is 0.133. The summed E-state index contributed by atoms with van der Waals surface area (Å²) in [5.41, 5.74) is 5.33. The van der Waals surface area contributed by atoms with Gasteiger partial charge in [-0.15, -0.1) is 0 Å². The second-order valence-electron chi connectivity index (χ2n) is 13.5. The van der Waals surface area contributed by atoms with Crippen molar-refractivity contribution >= 4 is 25.2 Å². The number of phosphoric acid groups is 1.